The first-order chi connectivity index (χ1) is 27.8. The van der Waals surface area contributed by atoms with E-state index in [0.29, 0.717) is 0 Å². The highest BCUT2D eigenvalue weighted by Gasteiger charge is 2.24. The molecule has 2 heteroatoms. The van der Waals surface area contributed by atoms with Crippen LogP contribution in [0.4, 0.5) is 0 Å². The summed E-state index contributed by atoms with van der Waals surface area (Å²) in [6.07, 6.45) is 0. The molecule has 0 spiro atoms. The maximum Gasteiger partial charge on any atom is 0.0641 e. The summed E-state index contributed by atoms with van der Waals surface area (Å²) < 4.78 is 4.95. The van der Waals surface area contributed by atoms with Crippen molar-refractivity contribution in [3.8, 4) is 67.0 Å². The number of fused-ring (bicyclic) bond motifs is 15. The molecule has 2 aromatic heterocycles. The van der Waals surface area contributed by atoms with Gasteiger partial charge in [0.25, 0.3) is 0 Å². The lowest BCUT2D eigenvalue weighted by Gasteiger charge is -2.24. The molecule has 1 aliphatic carbocycles. The van der Waals surface area contributed by atoms with Crippen LogP contribution in [-0.2, 0) is 0 Å². The second-order valence-corrected chi connectivity index (χ2v) is 14.8. The maximum absolute atomic E-state index is 2.52. The summed E-state index contributed by atoms with van der Waals surface area (Å²) in [4.78, 5) is 0. The zero-order valence-electron chi connectivity index (χ0n) is 30.5. The van der Waals surface area contributed by atoms with Crippen LogP contribution in [0.5, 0.6) is 0 Å². The van der Waals surface area contributed by atoms with Gasteiger partial charge in [0.2, 0.25) is 0 Å². The lowest BCUT2D eigenvalue weighted by atomic mass is 9.81. The molecule has 0 amide bonds. The van der Waals surface area contributed by atoms with Gasteiger partial charge in [0.1, 0.15) is 0 Å². The van der Waals surface area contributed by atoms with E-state index in [1.807, 2.05) is 0 Å². The Morgan fingerprint density at radius 3 is 1.34 bits per heavy atom. The summed E-state index contributed by atoms with van der Waals surface area (Å²) in [6, 6.07) is 75.8. The molecule has 0 saturated heterocycles. The number of nitrogens with zero attached hydrogens (tertiary/aromatic N) is 2. The van der Waals surface area contributed by atoms with Crippen molar-refractivity contribution in [2.75, 3.05) is 0 Å². The monoisotopic (exact) mass is 710 g/mol. The van der Waals surface area contributed by atoms with Crippen molar-refractivity contribution in [3.63, 3.8) is 0 Å². The Morgan fingerprint density at radius 1 is 0.250 bits per heavy atom. The van der Waals surface area contributed by atoms with E-state index in [-0.39, 0.29) is 0 Å². The van der Waals surface area contributed by atoms with Crippen LogP contribution in [0.25, 0.3) is 111 Å². The molecular weight excluding hydrogens is 677 g/mol. The van der Waals surface area contributed by atoms with Crippen molar-refractivity contribution in [1.29, 1.82) is 0 Å². The Labute approximate surface area is 324 Å². The number of aromatic nitrogens is 2. The van der Waals surface area contributed by atoms with Gasteiger partial charge in [-0.25, -0.2) is 0 Å². The summed E-state index contributed by atoms with van der Waals surface area (Å²) in [5, 5.41) is 5.00. The molecule has 1 aliphatic rings. The standard InChI is InChI=1S/C54H34N2/c1-2-14-35(15-3-1)36-26-28-37(29-27-36)55-51-25-13-11-23-48(51)53-52(55)33-32-47-46-22-10-12-24-50(46)56(54(47)53)38-30-31-45-43-20-7-6-18-41(43)39-16-4-5-17-40(39)42-19-8-9-21-44(42)49(45)34-38/h1-34H. The van der Waals surface area contributed by atoms with Gasteiger partial charge in [-0.05, 0) is 98.1 Å². The van der Waals surface area contributed by atoms with Crippen LogP contribution < -0.4 is 0 Å². The molecule has 0 saturated carbocycles. The Kier molecular flexibility index (Phi) is 6.66. The van der Waals surface area contributed by atoms with E-state index in [9.17, 15) is 0 Å². The molecule has 0 radical (unpaired) electrons. The Bertz CT molecular complexity index is 3340. The van der Waals surface area contributed by atoms with Crippen LogP contribution in [-0.4, -0.2) is 9.13 Å². The molecule has 11 aromatic rings. The van der Waals surface area contributed by atoms with Crippen LogP contribution in [0.1, 0.15) is 0 Å². The molecule has 56 heavy (non-hydrogen) atoms. The predicted octanol–water partition coefficient (Wildman–Crippen LogP) is 14.5. The average Bonchev–Trinajstić information content (AvgIpc) is 3.79. The van der Waals surface area contributed by atoms with Gasteiger partial charge in [0.15, 0.2) is 0 Å². The van der Waals surface area contributed by atoms with Gasteiger partial charge < -0.3 is 9.13 Å². The van der Waals surface area contributed by atoms with Crippen LogP contribution in [0.15, 0.2) is 206 Å². The van der Waals surface area contributed by atoms with E-state index in [1.54, 1.807) is 0 Å². The molecule has 9 aromatic carbocycles. The summed E-state index contributed by atoms with van der Waals surface area (Å²) >= 11 is 0. The largest absolute Gasteiger partial charge is 0.309 e. The van der Waals surface area contributed by atoms with Crippen molar-refractivity contribution in [2.45, 2.75) is 0 Å². The summed E-state index contributed by atoms with van der Waals surface area (Å²) in [6.45, 7) is 0. The van der Waals surface area contributed by atoms with Gasteiger partial charge in [0.05, 0.1) is 22.1 Å². The van der Waals surface area contributed by atoms with Gasteiger partial charge in [-0.2, -0.15) is 0 Å². The Morgan fingerprint density at radius 2 is 0.714 bits per heavy atom. The zero-order chi connectivity index (χ0) is 36.7. The Balaban J connectivity index is 1.16. The van der Waals surface area contributed by atoms with Crippen molar-refractivity contribution in [1.82, 2.24) is 9.13 Å². The van der Waals surface area contributed by atoms with Gasteiger partial charge in [-0.15, -0.1) is 0 Å². The first-order valence-corrected chi connectivity index (χ1v) is 19.4. The minimum Gasteiger partial charge on any atom is -0.309 e. The quantitative estimate of drug-likeness (QED) is 0.173. The minimum absolute atomic E-state index is 1.15. The van der Waals surface area contributed by atoms with Crippen LogP contribution in [0.3, 0.4) is 0 Å². The smallest absolute Gasteiger partial charge is 0.0641 e. The number of benzene rings is 9. The molecule has 2 heterocycles. The van der Waals surface area contributed by atoms with E-state index in [0.717, 1.165) is 11.4 Å². The van der Waals surface area contributed by atoms with Crippen molar-refractivity contribution in [3.05, 3.63) is 206 Å². The fourth-order valence-corrected chi connectivity index (χ4v) is 9.48. The van der Waals surface area contributed by atoms with E-state index in [1.165, 1.54) is 99.2 Å². The predicted molar refractivity (Wildman–Crippen MR) is 236 cm³/mol. The highest BCUT2D eigenvalue weighted by molar-refractivity contribution is 6.26. The third-order valence-corrected chi connectivity index (χ3v) is 11.9. The first kappa shape index (κ1) is 31.0. The summed E-state index contributed by atoms with van der Waals surface area (Å²) in [5.41, 5.74) is 19.5. The fourth-order valence-electron chi connectivity index (χ4n) is 9.48. The molecule has 0 unspecified atom stereocenters. The van der Waals surface area contributed by atoms with Gasteiger partial charge in [-0.3, -0.25) is 0 Å². The number of hydrogen-bond donors (Lipinski definition) is 0. The maximum atomic E-state index is 2.52. The van der Waals surface area contributed by atoms with E-state index >= 15 is 0 Å². The third kappa shape index (κ3) is 4.44. The van der Waals surface area contributed by atoms with Gasteiger partial charge in [0, 0.05) is 32.9 Å². The second kappa shape index (κ2) is 12.0. The minimum atomic E-state index is 1.15. The zero-order valence-corrected chi connectivity index (χ0v) is 30.5. The lowest BCUT2D eigenvalue weighted by molar-refractivity contribution is 1.17. The topological polar surface area (TPSA) is 9.86 Å². The average molecular weight is 711 g/mol. The first-order valence-electron chi connectivity index (χ1n) is 19.4. The van der Waals surface area contributed by atoms with E-state index < -0.39 is 0 Å². The van der Waals surface area contributed by atoms with Gasteiger partial charge >= 0.3 is 0 Å². The molecule has 2 nitrogen and oxygen atoms in total. The molecule has 260 valence electrons. The van der Waals surface area contributed by atoms with E-state index in [2.05, 4.69) is 215 Å². The number of rotatable bonds is 3. The SMILES string of the molecule is c1ccc(-c2ccc(-n3c4ccccc4c4c3ccc3c5ccccc5n(-c5ccc6c(c5)-c5ccccc5-c5ccccc5-c5ccccc5-6)c34)cc2)cc1. The highest BCUT2D eigenvalue weighted by Crippen LogP contribution is 2.49. The van der Waals surface area contributed by atoms with Crippen molar-refractivity contribution >= 4 is 43.6 Å². The summed E-state index contributed by atoms with van der Waals surface area (Å²) in [7, 11) is 0. The van der Waals surface area contributed by atoms with E-state index in [4.69, 9.17) is 0 Å². The van der Waals surface area contributed by atoms with Gasteiger partial charge in [-0.1, -0.05) is 164 Å². The molecule has 0 bridgehead atoms. The number of para-hydroxylation sites is 2. The molecule has 0 N–H and O–H groups in total. The van der Waals surface area contributed by atoms with Crippen LogP contribution in [0.2, 0.25) is 0 Å². The third-order valence-electron chi connectivity index (χ3n) is 11.9. The number of hydrogen-bond acceptors (Lipinski definition) is 0. The summed E-state index contributed by atoms with van der Waals surface area (Å²) in [5.74, 6) is 0. The lowest BCUT2D eigenvalue weighted by Crippen LogP contribution is -2.00. The van der Waals surface area contributed by atoms with Crippen LogP contribution in [0, 0.1) is 0 Å². The highest BCUT2D eigenvalue weighted by atomic mass is 15.0. The molecular formula is C54H34N2. The van der Waals surface area contributed by atoms with Crippen molar-refractivity contribution < 1.29 is 0 Å². The van der Waals surface area contributed by atoms with Crippen molar-refractivity contribution in [2.24, 2.45) is 0 Å². The normalized spacial score (nSPS) is 11.9. The van der Waals surface area contributed by atoms with Crippen LogP contribution >= 0.6 is 0 Å². The second-order valence-electron chi connectivity index (χ2n) is 14.8. The molecule has 0 atom stereocenters. The molecule has 0 aliphatic heterocycles. The molecule has 12 rings (SSSR count). The fraction of sp³-hybridized carbons (Fsp3) is 0. The molecule has 0 fully saturated rings. The Hall–Kier alpha value is -7.42.